The average Bonchev–Trinajstić information content (AvgIpc) is 3.45. The van der Waals surface area contributed by atoms with Gasteiger partial charge in [-0.25, -0.2) is 4.39 Å². The molecule has 1 saturated carbocycles. The van der Waals surface area contributed by atoms with Crippen molar-refractivity contribution in [3.8, 4) is 0 Å². The number of nitrogens with zero attached hydrogens (tertiary/aromatic N) is 2. The van der Waals surface area contributed by atoms with Gasteiger partial charge in [-0.3, -0.25) is 4.90 Å². The first-order valence-electron chi connectivity index (χ1n) is 9.55. The lowest BCUT2D eigenvalue weighted by atomic mass is 10.1. The lowest BCUT2D eigenvalue weighted by Crippen LogP contribution is -2.31. The van der Waals surface area contributed by atoms with Crippen LogP contribution in [0.4, 0.5) is 4.39 Å². The van der Waals surface area contributed by atoms with Gasteiger partial charge in [0.1, 0.15) is 5.82 Å². The molecule has 0 spiro atoms. The molecule has 1 aliphatic rings. The molecule has 1 unspecified atom stereocenters. The van der Waals surface area contributed by atoms with Crippen LogP contribution in [0.5, 0.6) is 0 Å². The molecule has 3 aromatic rings. The van der Waals surface area contributed by atoms with Gasteiger partial charge in [-0.15, -0.1) is 0 Å². The Kier molecular flexibility index (Phi) is 5.37. The van der Waals surface area contributed by atoms with E-state index in [0.717, 1.165) is 17.8 Å². The number of benzene rings is 2. The summed E-state index contributed by atoms with van der Waals surface area (Å²) in [5, 5.41) is 10.6. The molecular formula is C23H25FN2O. The largest absolute Gasteiger partial charge is 0.387 e. The zero-order valence-corrected chi connectivity index (χ0v) is 15.3. The predicted octanol–water partition coefficient (Wildman–Crippen LogP) is 4.37. The van der Waals surface area contributed by atoms with Crippen LogP contribution in [0.3, 0.4) is 0 Å². The summed E-state index contributed by atoms with van der Waals surface area (Å²) in [5.41, 5.74) is 2.78. The third-order valence-electron chi connectivity index (χ3n) is 5.24. The van der Waals surface area contributed by atoms with Gasteiger partial charge in [0, 0.05) is 36.6 Å². The maximum atomic E-state index is 14.0. The van der Waals surface area contributed by atoms with Gasteiger partial charge in [-0.2, -0.15) is 0 Å². The van der Waals surface area contributed by atoms with E-state index in [0.29, 0.717) is 24.7 Å². The van der Waals surface area contributed by atoms with Crippen molar-refractivity contribution in [2.24, 2.45) is 0 Å². The highest BCUT2D eigenvalue weighted by atomic mass is 19.1. The Morgan fingerprint density at radius 1 is 1.00 bits per heavy atom. The van der Waals surface area contributed by atoms with Crippen molar-refractivity contribution in [3.05, 3.63) is 95.6 Å². The van der Waals surface area contributed by atoms with Crippen LogP contribution >= 0.6 is 0 Å². The number of aliphatic hydroxyl groups excluding tert-OH is 1. The number of halogens is 1. The molecule has 0 bridgehead atoms. The quantitative estimate of drug-likeness (QED) is 0.643. The van der Waals surface area contributed by atoms with Gasteiger partial charge < -0.3 is 9.67 Å². The minimum atomic E-state index is -0.498. The summed E-state index contributed by atoms with van der Waals surface area (Å²) in [6.07, 6.45) is 3.85. The Hall–Kier alpha value is -2.43. The van der Waals surface area contributed by atoms with Gasteiger partial charge in [-0.05, 0) is 36.6 Å². The molecule has 0 aliphatic heterocycles. The number of hydrogen-bond donors (Lipinski definition) is 1. The maximum Gasteiger partial charge on any atom is 0.128 e. The van der Waals surface area contributed by atoms with E-state index in [-0.39, 0.29) is 5.82 Å². The van der Waals surface area contributed by atoms with Crippen molar-refractivity contribution in [1.82, 2.24) is 9.47 Å². The maximum absolute atomic E-state index is 14.0. The minimum Gasteiger partial charge on any atom is -0.387 e. The first kappa shape index (κ1) is 18.0. The molecule has 0 radical (unpaired) electrons. The Morgan fingerprint density at radius 3 is 2.48 bits per heavy atom. The fourth-order valence-corrected chi connectivity index (χ4v) is 3.55. The molecule has 3 nitrogen and oxygen atoms in total. The normalized spacial score (nSPS) is 15.2. The molecule has 1 fully saturated rings. The molecule has 140 valence electrons. The Bertz CT molecular complexity index is 873. The lowest BCUT2D eigenvalue weighted by molar-refractivity contribution is 0.103. The molecule has 0 saturated heterocycles. The van der Waals surface area contributed by atoms with Gasteiger partial charge in [0.2, 0.25) is 0 Å². The summed E-state index contributed by atoms with van der Waals surface area (Å²) in [6, 6.07) is 21.4. The summed E-state index contributed by atoms with van der Waals surface area (Å²) < 4.78 is 16.1. The highest BCUT2D eigenvalue weighted by Crippen LogP contribution is 2.30. The van der Waals surface area contributed by atoms with Gasteiger partial charge in [0.05, 0.1) is 12.6 Å². The summed E-state index contributed by atoms with van der Waals surface area (Å²) in [7, 11) is 0. The molecule has 1 N–H and O–H groups in total. The van der Waals surface area contributed by atoms with Crippen LogP contribution in [-0.4, -0.2) is 27.2 Å². The van der Waals surface area contributed by atoms with Crippen LogP contribution in [-0.2, 0) is 13.1 Å². The average molecular weight is 364 g/mol. The van der Waals surface area contributed by atoms with Crippen LogP contribution in [0.15, 0.2) is 72.9 Å². The minimum absolute atomic E-state index is 0.171. The van der Waals surface area contributed by atoms with Crippen LogP contribution in [0.2, 0.25) is 0 Å². The standard InChI is InChI=1S/C23H25FN2O/c24-22-11-5-4-9-19(22)15-25-14-6-10-21(25)16-26(20-12-13-20)17-23(27)18-7-2-1-3-8-18/h1-11,14,20,23,27H,12-13,15-17H2. The fourth-order valence-electron chi connectivity index (χ4n) is 3.55. The van der Waals surface area contributed by atoms with Crippen molar-refractivity contribution in [2.75, 3.05) is 6.54 Å². The number of hydrogen-bond acceptors (Lipinski definition) is 2. The van der Waals surface area contributed by atoms with Crippen LogP contribution < -0.4 is 0 Å². The second-order valence-electron chi connectivity index (χ2n) is 7.31. The molecule has 4 rings (SSSR count). The molecule has 4 heteroatoms. The molecular weight excluding hydrogens is 339 g/mol. The number of rotatable bonds is 8. The molecule has 2 aromatic carbocycles. The van der Waals surface area contributed by atoms with Crippen LogP contribution in [0.25, 0.3) is 0 Å². The van der Waals surface area contributed by atoms with Crippen molar-refractivity contribution in [3.63, 3.8) is 0 Å². The van der Waals surface area contributed by atoms with E-state index >= 15 is 0 Å². The third kappa shape index (κ3) is 4.46. The zero-order valence-electron chi connectivity index (χ0n) is 15.3. The zero-order chi connectivity index (χ0) is 18.6. The SMILES string of the molecule is OC(CN(Cc1cccn1Cc1ccccc1F)C1CC1)c1ccccc1. The third-order valence-corrected chi connectivity index (χ3v) is 5.24. The van der Waals surface area contributed by atoms with E-state index in [1.165, 1.54) is 18.9 Å². The summed E-state index contributed by atoms with van der Waals surface area (Å²) in [6.45, 7) is 1.89. The highest BCUT2D eigenvalue weighted by Gasteiger charge is 2.31. The monoisotopic (exact) mass is 364 g/mol. The first-order valence-corrected chi connectivity index (χ1v) is 9.55. The summed E-state index contributed by atoms with van der Waals surface area (Å²) >= 11 is 0. The second-order valence-corrected chi connectivity index (χ2v) is 7.31. The van der Waals surface area contributed by atoms with Crippen molar-refractivity contribution < 1.29 is 9.50 Å². The van der Waals surface area contributed by atoms with E-state index < -0.39 is 6.10 Å². The molecule has 1 heterocycles. The van der Waals surface area contributed by atoms with E-state index in [2.05, 4.69) is 15.5 Å². The first-order chi connectivity index (χ1) is 13.2. The summed E-state index contributed by atoms with van der Waals surface area (Å²) in [4.78, 5) is 2.35. The second kappa shape index (κ2) is 8.07. The van der Waals surface area contributed by atoms with Crippen molar-refractivity contribution in [1.29, 1.82) is 0 Å². The Morgan fingerprint density at radius 2 is 1.74 bits per heavy atom. The van der Waals surface area contributed by atoms with E-state index in [9.17, 15) is 9.50 Å². The predicted molar refractivity (Wildman–Crippen MR) is 105 cm³/mol. The van der Waals surface area contributed by atoms with Crippen molar-refractivity contribution in [2.45, 2.75) is 38.1 Å². The molecule has 1 atom stereocenters. The van der Waals surface area contributed by atoms with Crippen LogP contribution in [0.1, 0.15) is 35.8 Å². The highest BCUT2D eigenvalue weighted by molar-refractivity contribution is 5.20. The topological polar surface area (TPSA) is 28.4 Å². The van der Waals surface area contributed by atoms with E-state index in [4.69, 9.17) is 0 Å². The Balaban J connectivity index is 1.47. The van der Waals surface area contributed by atoms with Gasteiger partial charge >= 0.3 is 0 Å². The number of aliphatic hydroxyl groups is 1. The van der Waals surface area contributed by atoms with Crippen molar-refractivity contribution >= 4 is 0 Å². The molecule has 1 aliphatic carbocycles. The van der Waals surface area contributed by atoms with Gasteiger partial charge in [0.15, 0.2) is 0 Å². The molecule has 27 heavy (non-hydrogen) atoms. The smallest absolute Gasteiger partial charge is 0.128 e. The van der Waals surface area contributed by atoms with E-state index in [1.54, 1.807) is 6.07 Å². The Labute approximate surface area is 159 Å². The number of aromatic nitrogens is 1. The van der Waals surface area contributed by atoms with E-state index in [1.807, 2.05) is 54.7 Å². The summed E-state index contributed by atoms with van der Waals surface area (Å²) in [5.74, 6) is -0.171. The lowest BCUT2D eigenvalue weighted by Gasteiger charge is -2.26. The van der Waals surface area contributed by atoms with Crippen LogP contribution in [0, 0.1) is 5.82 Å². The van der Waals surface area contributed by atoms with Gasteiger partial charge in [0.25, 0.3) is 0 Å². The van der Waals surface area contributed by atoms with Gasteiger partial charge in [-0.1, -0.05) is 48.5 Å². The fraction of sp³-hybridized carbons (Fsp3) is 0.304. The molecule has 1 aromatic heterocycles. The molecule has 0 amide bonds.